The molecule has 0 saturated heterocycles. The van der Waals surface area contributed by atoms with E-state index in [4.69, 9.17) is 0 Å². The molecule has 1 aliphatic carbocycles. The van der Waals surface area contributed by atoms with Crippen molar-refractivity contribution in [2.45, 2.75) is 36.2 Å². The molecule has 0 atom stereocenters. The van der Waals surface area contributed by atoms with Crippen molar-refractivity contribution in [1.82, 2.24) is 8.61 Å². The van der Waals surface area contributed by atoms with Gasteiger partial charge in [-0.1, -0.05) is 43.5 Å². The molecule has 3 aliphatic rings. The van der Waals surface area contributed by atoms with Gasteiger partial charge in [-0.15, -0.1) is 0 Å². The zero-order chi connectivity index (χ0) is 20.9. The Labute approximate surface area is 182 Å². The van der Waals surface area contributed by atoms with Crippen molar-refractivity contribution >= 4 is 47.5 Å². The molecule has 8 heteroatoms. The zero-order valence-electron chi connectivity index (χ0n) is 16.0. The van der Waals surface area contributed by atoms with Crippen molar-refractivity contribution in [3.05, 3.63) is 70.8 Å². The second kappa shape index (κ2) is 7.28. The Morgan fingerprint density at radius 3 is 1.23 bits per heavy atom. The lowest BCUT2D eigenvalue weighted by molar-refractivity contribution is 0.0763. The molecule has 2 aromatic rings. The number of carbonyl (C=O) groups excluding carboxylic acids is 4. The van der Waals surface area contributed by atoms with Gasteiger partial charge in [-0.2, -0.15) is 0 Å². The SMILES string of the molecule is O=C1c2ccccc2C(=O)N1SC1(SN2C(=O)c3ccccc3C2=O)CCCCC1. The number of hydrogen-bond acceptors (Lipinski definition) is 6. The Hall–Kier alpha value is -2.58. The Morgan fingerprint density at radius 1 is 0.567 bits per heavy atom. The first kappa shape index (κ1) is 19.4. The number of imide groups is 2. The minimum atomic E-state index is -0.640. The molecule has 0 bridgehead atoms. The van der Waals surface area contributed by atoms with Crippen molar-refractivity contribution in [2.75, 3.05) is 0 Å². The molecule has 2 aromatic carbocycles. The minimum absolute atomic E-state index is 0.339. The van der Waals surface area contributed by atoms with Crippen molar-refractivity contribution in [3.8, 4) is 0 Å². The third-order valence-electron chi connectivity index (χ3n) is 5.64. The second-order valence-corrected chi connectivity index (χ2v) is 10.5. The maximum absolute atomic E-state index is 12.9. The summed E-state index contributed by atoms with van der Waals surface area (Å²) in [4.78, 5) is 51.6. The standard InChI is InChI=1S/C22H18N2O4S2/c25-18-14-8-2-3-9-15(14)19(26)23(18)29-22(12-6-1-7-13-22)30-24-20(27)16-10-4-5-11-17(16)21(24)28/h2-5,8-11H,1,6-7,12-13H2. The van der Waals surface area contributed by atoms with Crippen LogP contribution in [0, 0.1) is 0 Å². The number of carbonyl (C=O) groups is 4. The van der Waals surface area contributed by atoms with Gasteiger partial charge in [-0.25, -0.2) is 8.61 Å². The van der Waals surface area contributed by atoms with Gasteiger partial charge in [0.1, 0.15) is 4.08 Å². The number of nitrogens with zero attached hydrogens (tertiary/aromatic N) is 2. The lowest BCUT2D eigenvalue weighted by atomic mass is 10.00. The van der Waals surface area contributed by atoms with E-state index >= 15 is 0 Å². The van der Waals surface area contributed by atoms with E-state index in [1.165, 1.54) is 32.5 Å². The van der Waals surface area contributed by atoms with Gasteiger partial charge >= 0.3 is 0 Å². The Morgan fingerprint density at radius 2 is 0.900 bits per heavy atom. The highest BCUT2D eigenvalue weighted by Gasteiger charge is 2.48. The molecule has 4 amide bonds. The third kappa shape index (κ3) is 2.97. The van der Waals surface area contributed by atoms with Gasteiger partial charge in [0.2, 0.25) is 0 Å². The molecule has 1 fully saturated rings. The largest absolute Gasteiger partial charge is 0.271 e. The zero-order valence-corrected chi connectivity index (χ0v) is 17.6. The van der Waals surface area contributed by atoms with Crippen LogP contribution in [0.3, 0.4) is 0 Å². The van der Waals surface area contributed by atoms with Crippen LogP contribution in [0.2, 0.25) is 0 Å². The quantitative estimate of drug-likeness (QED) is 0.396. The Kier molecular flexibility index (Phi) is 4.71. The summed E-state index contributed by atoms with van der Waals surface area (Å²) < 4.78 is 1.78. The molecule has 2 aliphatic heterocycles. The molecule has 0 spiro atoms. The molecule has 0 N–H and O–H groups in total. The van der Waals surface area contributed by atoms with Gasteiger partial charge in [-0.3, -0.25) is 19.2 Å². The Bertz CT molecular complexity index is 945. The fourth-order valence-electron chi connectivity index (χ4n) is 4.12. The van der Waals surface area contributed by atoms with Crippen LogP contribution in [0.25, 0.3) is 0 Å². The van der Waals surface area contributed by atoms with E-state index in [9.17, 15) is 19.2 Å². The van der Waals surface area contributed by atoms with Crippen molar-refractivity contribution in [3.63, 3.8) is 0 Å². The number of hydrogen-bond donors (Lipinski definition) is 0. The highest BCUT2D eigenvalue weighted by Crippen LogP contribution is 2.53. The normalized spacial score (nSPS) is 20.0. The minimum Gasteiger partial charge on any atom is -0.268 e. The van der Waals surface area contributed by atoms with Crippen LogP contribution in [0.5, 0.6) is 0 Å². The molecular weight excluding hydrogens is 420 g/mol. The summed E-state index contributed by atoms with van der Waals surface area (Å²) in [5.41, 5.74) is 1.58. The maximum Gasteiger partial charge on any atom is 0.271 e. The van der Waals surface area contributed by atoms with Gasteiger partial charge in [0.25, 0.3) is 23.6 Å². The average molecular weight is 439 g/mol. The highest BCUT2D eigenvalue weighted by atomic mass is 32.2. The van der Waals surface area contributed by atoms with Crippen LogP contribution in [-0.2, 0) is 0 Å². The van der Waals surface area contributed by atoms with Crippen molar-refractivity contribution in [1.29, 1.82) is 0 Å². The lowest BCUT2D eigenvalue weighted by Crippen LogP contribution is -2.38. The first-order chi connectivity index (χ1) is 14.5. The number of amides is 4. The van der Waals surface area contributed by atoms with E-state index in [-0.39, 0.29) is 23.6 Å². The van der Waals surface area contributed by atoms with Gasteiger partial charge < -0.3 is 0 Å². The first-order valence-corrected chi connectivity index (χ1v) is 11.4. The fraction of sp³-hybridized carbons (Fsp3) is 0.273. The molecular formula is C22H18N2O4S2. The van der Waals surface area contributed by atoms with E-state index in [1.807, 2.05) is 0 Å². The number of fused-ring (bicyclic) bond motifs is 2. The van der Waals surface area contributed by atoms with Gasteiger partial charge in [-0.05, 0) is 61.0 Å². The first-order valence-electron chi connectivity index (χ1n) is 9.85. The van der Waals surface area contributed by atoms with Crippen LogP contribution < -0.4 is 0 Å². The van der Waals surface area contributed by atoms with E-state index in [2.05, 4.69) is 0 Å². The average Bonchev–Trinajstić information content (AvgIpc) is 3.16. The van der Waals surface area contributed by atoms with Crippen LogP contribution in [0.4, 0.5) is 0 Å². The second-order valence-electron chi connectivity index (χ2n) is 7.55. The van der Waals surface area contributed by atoms with Crippen LogP contribution in [0.15, 0.2) is 48.5 Å². The molecule has 30 heavy (non-hydrogen) atoms. The molecule has 0 aromatic heterocycles. The monoisotopic (exact) mass is 438 g/mol. The smallest absolute Gasteiger partial charge is 0.268 e. The summed E-state index contributed by atoms with van der Waals surface area (Å²) in [6.45, 7) is 0. The van der Waals surface area contributed by atoms with E-state index in [1.54, 1.807) is 48.5 Å². The molecule has 0 radical (unpaired) electrons. The number of benzene rings is 2. The summed E-state index contributed by atoms with van der Waals surface area (Å²) in [5.74, 6) is -1.36. The summed E-state index contributed by atoms with van der Waals surface area (Å²) >= 11 is 2.34. The van der Waals surface area contributed by atoms with Crippen LogP contribution in [0.1, 0.15) is 73.5 Å². The molecule has 152 valence electrons. The number of rotatable bonds is 4. The predicted molar refractivity (Wildman–Crippen MR) is 115 cm³/mol. The Balaban J connectivity index is 1.44. The van der Waals surface area contributed by atoms with E-state index in [0.717, 1.165) is 19.3 Å². The van der Waals surface area contributed by atoms with Gasteiger partial charge in [0.15, 0.2) is 0 Å². The van der Waals surface area contributed by atoms with Crippen molar-refractivity contribution in [2.24, 2.45) is 0 Å². The lowest BCUT2D eigenvalue weighted by Gasteiger charge is -2.38. The third-order valence-corrected chi connectivity index (χ3v) is 8.60. The van der Waals surface area contributed by atoms with E-state index in [0.29, 0.717) is 35.1 Å². The topological polar surface area (TPSA) is 74.8 Å². The summed E-state index contributed by atoms with van der Waals surface area (Å²) in [5, 5.41) is 0. The van der Waals surface area contributed by atoms with Gasteiger partial charge in [0.05, 0.1) is 22.3 Å². The van der Waals surface area contributed by atoms with Crippen LogP contribution >= 0.6 is 23.9 Å². The van der Waals surface area contributed by atoms with E-state index < -0.39 is 4.08 Å². The van der Waals surface area contributed by atoms with Crippen LogP contribution in [-0.4, -0.2) is 36.3 Å². The molecule has 1 saturated carbocycles. The molecule has 6 nitrogen and oxygen atoms in total. The summed E-state index contributed by atoms with van der Waals surface area (Å²) in [6.07, 6.45) is 4.26. The molecule has 5 rings (SSSR count). The predicted octanol–water partition coefficient (Wildman–Crippen LogP) is 4.54. The van der Waals surface area contributed by atoms with Gasteiger partial charge in [0, 0.05) is 0 Å². The molecule has 2 heterocycles. The summed E-state index contributed by atoms with van der Waals surface area (Å²) in [6, 6.07) is 13.6. The highest BCUT2D eigenvalue weighted by molar-refractivity contribution is 8.17. The maximum atomic E-state index is 12.9. The van der Waals surface area contributed by atoms with Crippen molar-refractivity contribution < 1.29 is 19.2 Å². The fourth-order valence-corrected chi connectivity index (χ4v) is 7.04. The molecule has 0 unspecified atom stereocenters. The summed E-state index contributed by atoms with van der Waals surface area (Å²) in [7, 11) is 0.